The fraction of sp³-hybridized carbons (Fsp3) is 0.438. The summed E-state index contributed by atoms with van der Waals surface area (Å²) in [5.41, 5.74) is -3.86. The first-order chi connectivity index (χ1) is 29.5. The Balaban J connectivity index is 0.00000187. The minimum atomic E-state index is -2.32. The predicted octanol–water partition coefficient (Wildman–Crippen LogP) is 7.19. The van der Waals surface area contributed by atoms with Gasteiger partial charge in [-0.2, -0.15) is 21.4 Å². The molecule has 5 aliphatic rings. The third-order valence-corrected chi connectivity index (χ3v) is 16.0. The Hall–Kier alpha value is -4.40. The molecule has 8 rings (SSSR count). The number of rotatable bonds is 12. The van der Waals surface area contributed by atoms with Crippen molar-refractivity contribution in [3.05, 3.63) is 119 Å². The molecule has 326 valence electrons. The van der Waals surface area contributed by atoms with Crippen molar-refractivity contribution in [3.63, 3.8) is 0 Å². The second-order valence-corrected chi connectivity index (χ2v) is 19.5. The molecule has 11 atom stereocenters. The summed E-state index contributed by atoms with van der Waals surface area (Å²) >= 11 is 3.02. The van der Waals surface area contributed by atoms with Gasteiger partial charge in [0.2, 0.25) is 0 Å². The highest BCUT2D eigenvalue weighted by molar-refractivity contribution is 8.00. The Morgan fingerprint density at radius 1 is 0.952 bits per heavy atom. The Bertz CT molecular complexity index is 2350. The number of ether oxygens (including phenoxy) is 2. The quantitative estimate of drug-likeness (QED) is 0.177. The van der Waals surface area contributed by atoms with E-state index in [-0.39, 0.29) is 54.2 Å². The molecule has 2 N–H and O–H groups in total. The van der Waals surface area contributed by atoms with Crippen molar-refractivity contribution in [2.75, 3.05) is 12.9 Å². The van der Waals surface area contributed by atoms with E-state index in [9.17, 15) is 29.4 Å². The molecule has 1 heterocycles. The van der Waals surface area contributed by atoms with E-state index in [1.54, 1.807) is 19.1 Å². The van der Waals surface area contributed by atoms with E-state index in [0.29, 0.717) is 17.5 Å². The van der Waals surface area contributed by atoms with Crippen LogP contribution in [0.1, 0.15) is 73.4 Å². The number of alkyl halides is 2. The first-order valence-corrected chi connectivity index (χ1v) is 22.6. The summed E-state index contributed by atoms with van der Waals surface area (Å²) in [6.07, 6.45) is 1.00. The Morgan fingerprint density at radius 3 is 2.31 bits per heavy atom. The molecule has 4 fully saturated rings. The molecular formula is C48H48F2O10S2. The van der Waals surface area contributed by atoms with Gasteiger partial charge in [0.1, 0.15) is 18.6 Å². The largest absolute Gasteiger partial charge is 0.390 e. The lowest BCUT2D eigenvalue weighted by molar-refractivity contribution is -0.235. The molecule has 0 amide bonds. The van der Waals surface area contributed by atoms with Crippen molar-refractivity contribution < 1.29 is 57.2 Å². The maximum absolute atomic E-state index is 17.7. The van der Waals surface area contributed by atoms with Gasteiger partial charge in [-0.3, -0.25) is 19.2 Å². The minimum absolute atomic E-state index is 0.0209. The molecule has 4 aliphatic carbocycles. The summed E-state index contributed by atoms with van der Waals surface area (Å²) in [5.74, 6) is -2.60. The second kappa shape index (κ2) is 17.6. The van der Waals surface area contributed by atoms with Crippen LogP contribution in [0.4, 0.5) is 8.78 Å². The standard InChI is InChI=1S/C47H48F2O8S2.CO2/c1-26(58-4)38(52)19-27-8-10-29(11-9-27)39(53)20-28-6-5-7-33(18-28)59-32-14-12-30(13-15-32)43-56-42-23-34-35-22-37(48)36-21-31(51)16-17-44(36,2)46(35,49)40(54)24-45(34,3)47(42,57-43)41(55)25-50;2-1-3/h5-18,21,26,34-35,37,40,42-43,50,54H,19-20,22-25H2,1-4H3;/t26?,34-,35-,37-,40-,42+,43+,44-,45-,46-,47+;/m0./s1. The number of carbonyl (C=O) groups is 4. The van der Waals surface area contributed by atoms with Crippen LogP contribution in [0.15, 0.2) is 106 Å². The molecule has 0 spiro atoms. The SMILES string of the molecule is CSC(C)C(=O)Cc1ccc(C(=O)Cc2cccc(Sc3ccc([C@@H]4O[C@@H]5C[C@H]6[C@@H]7C[C@H](F)C8=CC(=O)C=C[C@]8(C)[C@@]7(F)[C@@H](O)C[C@]6(C)[C@]5(C(=O)CO)O4)cc3)c2)cc1.O=C=O. The zero-order chi connectivity index (χ0) is 44.8. The van der Waals surface area contributed by atoms with Crippen LogP contribution < -0.4 is 0 Å². The van der Waals surface area contributed by atoms with Crippen molar-refractivity contribution >= 4 is 52.8 Å². The maximum Gasteiger partial charge on any atom is 0.373 e. The molecule has 3 aromatic rings. The van der Waals surface area contributed by atoms with E-state index in [1.165, 1.54) is 42.6 Å². The van der Waals surface area contributed by atoms with Crippen LogP contribution in [0.5, 0.6) is 0 Å². The number of carbonyl (C=O) groups excluding carboxylic acids is 6. The number of thioether (sulfide) groups is 1. The number of hydrogen-bond acceptors (Lipinski definition) is 12. The van der Waals surface area contributed by atoms with Crippen molar-refractivity contribution in [2.45, 2.75) is 104 Å². The molecule has 1 unspecified atom stereocenters. The van der Waals surface area contributed by atoms with Crippen molar-refractivity contribution in [1.82, 2.24) is 0 Å². The first kappa shape index (κ1) is 45.6. The molecule has 3 saturated carbocycles. The maximum atomic E-state index is 17.7. The van der Waals surface area contributed by atoms with Crippen LogP contribution in [0, 0.1) is 22.7 Å². The number of allylic oxidation sites excluding steroid dienone is 4. The van der Waals surface area contributed by atoms with E-state index in [1.807, 2.05) is 73.8 Å². The van der Waals surface area contributed by atoms with Crippen molar-refractivity contribution in [1.29, 1.82) is 0 Å². The van der Waals surface area contributed by atoms with E-state index < -0.39 is 76.8 Å². The summed E-state index contributed by atoms with van der Waals surface area (Å²) in [6.45, 7) is 4.32. The van der Waals surface area contributed by atoms with Gasteiger partial charge in [0.05, 0.1) is 17.5 Å². The van der Waals surface area contributed by atoms with Gasteiger partial charge in [-0.1, -0.05) is 73.3 Å². The third kappa shape index (κ3) is 7.61. The van der Waals surface area contributed by atoms with Gasteiger partial charge >= 0.3 is 6.15 Å². The number of fused-ring (bicyclic) bond motifs is 7. The smallest absolute Gasteiger partial charge is 0.373 e. The predicted molar refractivity (Wildman–Crippen MR) is 226 cm³/mol. The van der Waals surface area contributed by atoms with Gasteiger partial charge < -0.3 is 19.7 Å². The van der Waals surface area contributed by atoms with Gasteiger partial charge in [0.15, 0.2) is 34.9 Å². The number of aliphatic hydroxyl groups is 2. The van der Waals surface area contributed by atoms with Crippen LogP contribution >= 0.6 is 23.5 Å². The van der Waals surface area contributed by atoms with Gasteiger partial charge in [-0.25, -0.2) is 8.78 Å². The number of hydrogen-bond donors (Lipinski definition) is 2. The summed E-state index contributed by atoms with van der Waals surface area (Å²) < 4.78 is 46.8. The highest BCUT2D eigenvalue weighted by atomic mass is 32.2. The summed E-state index contributed by atoms with van der Waals surface area (Å²) in [6, 6.07) is 22.4. The molecule has 62 heavy (non-hydrogen) atoms. The molecule has 10 nitrogen and oxygen atoms in total. The van der Waals surface area contributed by atoms with Gasteiger partial charge in [0, 0.05) is 50.5 Å². The Labute approximate surface area is 366 Å². The van der Waals surface area contributed by atoms with E-state index in [2.05, 4.69) is 0 Å². The highest BCUT2D eigenvalue weighted by Gasteiger charge is 2.80. The monoisotopic (exact) mass is 886 g/mol. The van der Waals surface area contributed by atoms with Crippen molar-refractivity contribution in [2.24, 2.45) is 22.7 Å². The normalized spacial score (nSPS) is 33.4. The van der Waals surface area contributed by atoms with Crippen LogP contribution in [0.2, 0.25) is 0 Å². The molecule has 1 saturated heterocycles. The van der Waals surface area contributed by atoms with Crippen LogP contribution in [-0.4, -0.2) is 87.3 Å². The Kier molecular flexibility index (Phi) is 13.0. The average molecular weight is 887 g/mol. The Morgan fingerprint density at radius 2 is 1.65 bits per heavy atom. The highest BCUT2D eigenvalue weighted by Crippen LogP contribution is 2.72. The third-order valence-electron chi connectivity index (χ3n) is 14.0. The lowest BCUT2D eigenvalue weighted by Crippen LogP contribution is -2.70. The topological polar surface area (TPSA) is 161 Å². The molecular weight excluding hydrogens is 839 g/mol. The summed E-state index contributed by atoms with van der Waals surface area (Å²) in [4.78, 5) is 69.7. The van der Waals surface area contributed by atoms with E-state index >= 15 is 8.78 Å². The number of Topliss-reactive ketones (excluding diaryl/α,β-unsaturated/α-hetero) is 3. The first-order valence-electron chi connectivity index (χ1n) is 20.5. The molecule has 0 radical (unpaired) electrons. The lowest BCUT2D eigenvalue weighted by Gasteiger charge is -2.63. The van der Waals surface area contributed by atoms with Gasteiger partial charge in [-0.15, -0.1) is 0 Å². The molecule has 3 aromatic carbocycles. The summed E-state index contributed by atoms with van der Waals surface area (Å²) in [7, 11) is 0. The van der Waals surface area contributed by atoms with Gasteiger partial charge in [-0.05, 0) is 98.4 Å². The fourth-order valence-electron chi connectivity index (χ4n) is 10.8. The van der Waals surface area contributed by atoms with E-state index in [4.69, 9.17) is 19.1 Å². The molecule has 14 heteroatoms. The lowest BCUT2D eigenvalue weighted by atomic mass is 9.44. The second-order valence-electron chi connectivity index (χ2n) is 17.2. The summed E-state index contributed by atoms with van der Waals surface area (Å²) in [5, 5.41) is 22.0. The number of ketones is 4. The zero-order valence-corrected chi connectivity index (χ0v) is 36.3. The minimum Gasteiger partial charge on any atom is -0.390 e. The number of aliphatic hydroxyl groups excluding tert-OH is 2. The number of halogens is 2. The average Bonchev–Trinajstić information content (AvgIpc) is 3.75. The zero-order valence-electron chi connectivity index (χ0n) is 34.7. The molecule has 1 aliphatic heterocycles. The van der Waals surface area contributed by atoms with E-state index in [0.717, 1.165) is 27.0 Å². The molecule has 0 bridgehead atoms. The molecule has 0 aromatic heterocycles. The fourth-order valence-corrected chi connectivity index (χ4v) is 12.1. The number of benzene rings is 3. The van der Waals surface area contributed by atoms with Crippen molar-refractivity contribution in [3.8, 4) is 0 Å². The van der Waals surface area contributed by atoms with Crippen LogP contribution in [-0.2, 0) is 46.3 Å². The van der Waals surface area contributed by atoms with Crippen LogP contribution in [0.3, 0.4) is 0 Å². The van der Waals surface area contributed by atoms with Gasteiger partial charge in [0.25, 0.3) is 0 Å². The van der Waals surface area contributed by atoms with Crippen LogP contribution in [0.25, 0.3) is 0 Å².